The Kier molecular flexibility index (Phi) is 5.17. The summed E-state index contributed by atoms with van der Waals surface area (Å²) in [6, 6.07) is 10.2. The Hall–Kier alpha value is -2.30. The van der Waals surface area contributed by atoms with Crippen LogP contribution in [0.25, 0.3) is 0 Å². The molecule has 106 valence electrons. The van der Waals surface area contributed by atoms with Crippen LogP contribution in [0.5, 0.6) is 0 Å². The van der Waals surface area contributed by atoms with Crippen LogP contribution in [0.1, 0.15) is 23.7 Å². The minimum atomic E-state index is 0.589. The largest absolute Gasteiger partial charge is 0.364 e. The summed E-state index contributed by atoms with van der Waals surface area (Å²) in [5.74, 6) is 0.749. The number of aryl methyl sites for hydroxylation is 1. The number of benzene rings is 1. The molecule has 1 heterocycles. The first-order valence-electron chi connectivity index (χ1n) is 6.74. The molecule has 0 saturated heterocycles. The van der Waals surface area contributed by atoms with E-state index in [1.807, 2.05) is 6.07 Å². The maximum atomic E-state index is 4.79. The quantitative estimate of drug-likeness (QED) is 0.646. The summed E-state index contributed by atoms with van der Waals surface area (Å²) in [5.41, 5.74) is 3.49. The molecule has 0 fully saturated rings. The normalized spacial score (nSPS) is 11.4. The average molecular weight is 272 g/mol. The minimum absolute atomic E-state index is 0.589. The molecule has 0 saturated carbocycles. The van der Waals surface area contributed by atoms with Gasteiger partial charge in [-0.2, -0.15) is 0 Å². The van der Waals surface area contributed by atoms with Crippen LogP contribution in [0.4, 0.5) is 0 Å². The van der Waals surface area contributed by atoms with Crippen LogP contribution >= 0.6 is 0 Å². The van der Waals surface area contributed by atoms with Crippen molar-refractivity contribution < 1.29 is 4.52 Å². The van der Waals surface area contributed by atoms with Gasteiger partial charge in [0.15, 0.2) is 5.96 Å². The fourth-order valence-electron chi connectivity index (χ4n) is 1.98. The maximum Gasteiger partial charge on any atom is 0.191 e. The third-order valence-electron chi connectivity index (χ3n) is 3.10. The standard InChI is InChI=1S/C15H20N4O/c1-3-12-6-4-5-7-13(12)10-17-15(16-2)18-11-14-8-9-20-19-14/h4-9H,3,10-11H2,1-2H3,(H2,16,17,18). The lowest BCUT2D eigenvalue weighted by Crippen LogP contribution is -2.36. The van der Waals surface area contributed by atoms with Gasteiger partial charge in [0.25, 0.3) is 0 Å². The maximum absolute atomic E-state index is 4.79. The summed E-state index contributed by atoms with van der Waals surface area (Å²) in [7, 11) is 1.75. The summed E-state index contributed by atoms with van der Waals surface area (Å²) in [6.07, 6.45) is 2.59. The van der Waals surface area contributed by atoms with E-state index in [-0.39, 0.29) is 0 Å². The van der Waals surface area contributed by atoms with Gasteiger partial charge >= 0.3 is 0 Å². The van der Waals surface area contributed by atoms with E-state index in [1.165, 1.54) is 11.1 Å². The Labute approximate surface area is 119 Å². The lowest BCUT2D eigenvalue weighted by Gasteiger charge is -2.13. The number of hydrogen-bond donors (Lipinski definition) is 2. The van der Waals surface area contributed by atoms with E-state index >= 15 is 0 Å². The van der Waals surface area contributed by atoms with Gasteiger partial charge in [-0.25, -0.2) is 0 Å². The molecule has 5 heteroatoms. The second-order valence-corrected chi connectivity index (χ2v) is 4.39. The Balaban J connectivity index is 1.87. The number of rotatable bonds is 5. The van der Waals surface area contributed by atoms with Gasteiger partial charge in [-0.05, 0) is 17.5 Å². The van der Waals surface area contributed by atoms with Crippen LogP contribution in [-0.2, 0) is 19.5 Å². The van der Waals surface area contributed by atoms with Gasteiger partial charge in [0, 0.05) is 19.7 Å². The van der Waals surface area contributed by atoms with E-state index in [0.717, 1.165) is 24.6 Å². The molecule has 0 bridgehead atoms. The lowest BCUT2D eigenvalue weighted by molar-refractivity contribution is 0.410. The summed E-state index contributed by atoms with van der Waals surface area (Å²) >= 11 is 0. The number of aromatic nitrogens is 1. The van der Waals surface area contributed by atoms with E-state index in [4.69, 9.17) is 4.52 Å². The van der Waals surface area contributed by atoms with Crippen molar-refractivity contribution in [1.82, 2.24) is 15.8 Å². The highest BCUT2D eigenvalue weighted by atomic mass is 16.5. The Morgan fingerprint density at radius 2 is 1.90 bits per heavy atom. The molecule has 2 aromatic rings. The highest BCUT2D eigenvalue weighted by molar-refractivity contribution is 5.79. The summed E-state index contributed by atoms with van der Waals surface area (Å²) in [5, 5.41) is 10.3. The molecular weight excluding hydrogens is 252 g/mol. The molecule has 2 N–H and O–H groups in total. The summed E-state index contributed by atoms with van der Waals surface area (Å²) < 4.78 is 4.79. The van der Waals surface area contributed by atoms with Gasteiger partial charge in [0.1, 0.15) is 12.0 Å². The topological polar surface area (TPSA) is 62.5 Å². The minimum Gasteiger partial charge on any atom is -0.364 e. The first kappa shape index (κ1) is 14.1. The summed E-state index contributed by atoms with van der Waals surface area (Å²) in [4.78, 5) is 4.19. The number of guanidine groups is 1. The van der Waals surface area contributed by atoms with Crippen LogP contribution in [-0.4, -0.2) is 18.2 Å². The molecular formula is C15H20N4O. The Morgan fingerprint density at radius 3 is 2.55 bits per heavy atom. The second-order valence-electron chi connectivity index (χ2n) is 4.39. The van der Waals surface area contributed by atoms with Crippen LogP contribution in [0.15, 0.2) is 46.1 Å². The summed E-state index contributed by atoms with van der Waals surface area (Å²) in [6.45, 7) is 3.50. The van der Waals surface area contributed by atoms with Gasteiger partial charge in [-0.15, -0.1) is 0 Å². The third kappa shape index (κ3) is 3.85. The average Bonchev–Trinajstić information content (AvgIpc) is 3.01. The fraction of sp³-hybridized carbons (Fsp3) is 0.333. The molecule has 1 aromatic heterocycles. The molecule has 20 heavy (non-hydrogen) atoms. The van der Waals surface area contributed by atoms with Crippen LogP contribution in [0, 0.1) is 0 Å². The van der Waals surface area contributed by atoms with E-state index < -0.39 is 0 Å². The molecule has 0 radical (unpaired) electrons. The molecule has 1 aromatic carbocycles. The molecule has 0 aliphatic heterocycles. The monoisotopic (exact) mass is 272 g/mol. The SMILES string of the molecule is CCc1ccccc1CNC(=NC)NCc1ccon1. The number of nitrogens with one attached hydrogen (secondary N) is 2. The number of nitrogens with zero attached hydrogens (tertiary/aromatic N) is 2. The molecule has 0 atom stereocenters. The predicted molar refractivity (Wildman–Crippen MR) is 79.4 cm³/mol. The molecule has 0 unspecified atom stereocenters. The van der Waals surface area contributed by atoms with Crippen molar-refractivity contribution >= 4 is 5.96 Å². The van der Waals surface area contributed by atoms with E-state index in [1.54, 1.807) is 13.3 Å². The van der Waals surface area contributed by atoms with Crippen molar-refractivity contribution in [2.24, 2.45) is 4.99 Å². The van der Waals surface area contributed by atoms with Crippen molar-refractivity contribution in [3.63, 3.8) is 0 Å². The molecule has 0 aliphatic rings. The van der Waals surface area contributed by atoms with Gasteiger partial charge in [0.05, 0.1) is 6.54 Å². The van der Waals surface area contributed by atoms with E-state index in [9.17, 15) is 0 Å². The third-order valence-corrected chi connectivity index (χ3v) is 3.10. The zero-order valence-corrected chi connectivity index (χ0v) is 11.9. The highest BCUT2D eigenvalue weighted by Crippen LogP contribution is 2.08. The Bertz CT molecular complexity index is 549. The van der Waals surface area contributed by atoms with E-state index in [2.05, 4.69) is 52.0 Å². The van der Waals surface area contributed by atoms with Gasteiger partial charge < -0.3 is 15.2 Å². The molecule has 0 spiro atoms. The van der Waals surface area contributed by atoms with Crippen molar-refractivity contribution in [2.45, 2.75) is 26.4 Å². The van der Waals surface area contributed by atoms with Gasteiger partial charge in [0.2, 0.25) is 0 Å². The second kappa shape index (κ2) is 7.33. The van der Waals surface area contributed by atoms with Gasteiger partial charge in [-0.3, -0.25) is 4.99 Å². The van der Waals surface area contributed by atoms with Crippen LogP contribution < -0.4 is 10.6 Å². The van der Waals surface area contributed by atoms with Crippen molar-refractivity contribution in [2.75, 3.05) is 7.05 Å². The number of hydrogen-bond acceptors (Lipinski definition) is 3. The van der Waals surface area contributed by atoms with Crippen LogP contribution in [0.3, 0.4) is 0 Å². The molecule has 0 amide bonds. The zero-order valence-electron chi connectivity index (χ0n) is 11.9. The first-order valence-corrected chi connectivity index (χ1v) is 6.74. The Morgan fingerprint density at radius 1 is 1.15 bits per heavy atom. The predicted octanol–water partition coefficient (Wildman–Crippen LogP) is 2.10. The van der Waals surface area contributed by atoms with E-state index in [0.29, 0.717) is 6.54 Å². The molecule has 0 aliphatic carbocycles. The fourth-order valence-corrected chi connectivity index (χ4v) is 1.98. The van der Waals surface area contributed by atoms with Crippen LogP contribution in [0.2, 0.25) is 0 Å². The van der Waals surface area contributed by atoms with Gasteiger partial charge in [-0.1, -0.05) is 36.3 Å². The smallest absolute Gasteiger partial charge is 0.191 e. The lowest BCUT2D eigenvalue weighted by atomic mass is 10.1. The first-order chi connectivity index (χ1) is 9.83. The number of aliphatic imine (C=N–C) groups is 1. The molecule has 5 nitrogen and oxygen atoms in total. The van der Waals surface area contributed by atoms with Crippen molar-refractivity contribution in [3.05, 3.63) is 53.4 Å². The zero-order chi connectivity index (χ0) is 14.2. The highest BCUT2D eigenvalue weighted by Gasteiger charge is 2.03. The van der Waals surface area contributed by atoms with Crippen molar-refractivity contribution in [1.29, 1.82) is 0 Å². The van der Waals surface area contributed by atoms with Crippen molar-refractivity contribution in [3.8, 4) is 0 Å². The molecule has 2 rings (SSSR count).